The number of amides is 1. The largest absolute Gasteiger partial charge is 0.489 e. The summed E-state index contributed by atoms with van der Waals surface area (Å²) >= 11 is 5.95. The second-order valence-corrected chi connectivity index (χ2v) is 6.36. The van der Waals surface area contributed by atoms with Crippen molar-refractivity contribution in [3.63, 3.8) is 0 Å². The van der Waals surface area contributed by atoms with Crippen LogP contribution >= 0.6 is 11.6 Å². The fraction of sp³-hybridized carbons (Fsp3) is 0.316. The maximum Gasteiger partial charge on any atom is 0.253 e. The predicted octanol–water partition coefficient (Wildman–Crippen LogP) is 3.32. The number of para-hydroxylation sites is 1. The number of carbonyl (C=O) groups excluding carboxylic acids is 1. The molecule has 0 aromatic heterocycles. The SMILES string of the molecule is O=C(c1cccc(Cl)c1)N1CCN(CCOc2ccccc2F)CC1. The van der Waals surface area contributed by atoms with Gasteiger partial charge in [0.15, 0.2) is 11.6 Å². The molecule has 1 heterocycles. The Hall–Kier alpha value is -2.11. The van der Waals surface area contributed by atoms with Crippen LogP contribution in [0.3, 0.4) is 0 Å². The number of ether oxygens (including phenoxy) is 1. The zero-order chi connectivity index (χ0) is 17.6. The lowest BCUT2D eigenvalue weighted by atomic mass is 10.2. The van der Waals surface area contributed by atoms with E-state index in [1.807, 2.05) is 4.90 Å². The molecule has 1 amide bonds. The summed E-state index contributed by atoms with van der Waals surface area (Å²) in [4.78, 5) is 16.5. The third-order valence-corrected chi connectivity index (χ3v) is 4.47. The number of piperazine rings is 1. The van der Waals surface area contributed by atoms with Crippen LogP contribution in [-0.4, -0.2) is 55.0 Å². The molecule has 0 bridgehead atoms. The fourth-order valence-electron chi connectivity index (χ4n) is 2.83. The summed E-state index contributed by atoms with van der Waals surface area (Å²) in [6.07, 6.45) is 0. The van der Waals surface area contributed by atoms with Gasteiger partial charge in [0.25, 0.3) is 5.91 Å². The molecule has 0 unspecified atom stereocenters. The number of nitrogens with zero attached hydrogens (tertiary/aromatic N) is 2. The summed E-state index contributed by atoms with van der Waals surface area (Å²) in [5.41, 5.74) is 0.615. The van der Waals surface area contributed by atoms with Crippen LogP contribution in [-0.2, 0) is 0 Å². The Morgan fingerprint density at radius 2 is 1.84 bits per heavy atom. The first-order chi connectivity index (χ1) is 12.1. The van der Waals surface area contributed by atoms with Crippen molar-refractivity contribution in [2.75, 3.05) is 39.3 Å². The van der Waals surface area contributed by atoms with Crippen molar-refractivity contribution in [1.29, 1.82) is 0 Å². The van der Waals surface area contributed by atoms with Gasteiger partial charge in [-0.25, -0.2) is 4.39 Å². The highest BCUT2D eigenvalue weighted by Gasteiger charge is 2.22. The van der Waals surface area contributed by atoms with Crippen molar-refractivity contribution in [1.82, 2.24) is 9.80 Å². The first-order valence-electron chi connectivity index (χ1n) is 8.28. The Balaban J connectivity index is 1.44. The molecule has 0 saturated carbocycles. The van der Waals surface area contributed by atoms with E-state index in [4.69, 9.17) is 16.3 Å². The van der Waals surface area contributed by atoms with Gasteiger partial charge < -0.3 is 9.64 Å². The predicted molar refractivity (Wildman–Crippen MR) is 95.7 cm³/mol. The third kappa shape index (κ3) is 4.71. The summed E-state index contributed by atoms with van der Waals surface area (Å²) < 4.78 is 19.0. The van der Waals surface area contributed by atoms with Crippen molar-refractivity contribution < 1.29 is 13.9 Å². The van der Waals surface area contributed by atoms with Crippen LogP contribution in [0.15, 0.2) is 48.5 Å². The molecule has 0 spiro atoms. The molecule has 6 heteroatoms. The van der Waals surface area contributed by atoms with Crippen molar-refractivity contribution >= 4 is 17.5 Å². The minimum Gasteiger partial charge on any atom is -0.489 e. The molecule has 0 atom stereocenters. The monoisotopic (exact) mass is 362 g/mol. The van der Waals surface area contributed by atoms with Gasteiger partial charge >= 0.3 is 0 Å². The molecule has 2 aromatic carbocycles. The molecule has 2 aromatic rings. The van der Waals surface area contributed by atoms with E-state index in [-0.39, 0.29) is 17.5 Å². The standard InChI is InChI=1S/C19H20ClFN2O2/c20-16-5-3-4-15(14-16)19(24)23-10-8-22(9-11-23)12-13-25-18-7-2-1-6-17(18)21/h1-7,14H,8-13H2. The number of carbonyl (C=O) groups is 1. The van der Waals surface area contributed by atoms with E-state index < -0.39 is 0 Å². The average molecular weight is 363 g/mol. The molecule has 25 heavy (non-hydrogen) atoms. The Kier molecular flexibility index (Phi) is 5.89. The summed E-state index contributed by atoms with van der Waals surface area (Å²) in [5, 5.41) is 0.565. The van der Waals surface area contributed by atoms with E-state index >= 15 is 0 Å². The zero-order valence-corrected chi connectivity index (χ0v) is 14.6. The molecular weight excluding hydrogens is 343 g/mol. The quantitative estimate of drug-likeness (QED) is 0.818. The second-order valence-electron chi connectivity index (χ2n) is 5.92. The maximum absolute atomic E-state index is 13.5. The summed E-state index contributed by atoms with van der Waals surface area (Å²) in [5.74, 6) is -0.0681. The summed E-state index contributed by atoms with van der Waals surface area (Å²) in [6.45, 7) is 3.98. The lowest BCUT2D eigenvalue weighted by Gasteiger charge is -2.34. The number of benzene rings is 2. The lowest BCUT2D eigenvalue weighted by Crippen LogP contribution is -2.49. The maximum atomic E-state index is 13.5. The Morgan fingerprint density at radius 3 is 2.56 bits per heavy atom. The number of hydrogen-bond acceptors (Lipinski definition) is 3. The van der Waals surface area contributed by atoms with Gasteiger partial charge in [0.05, 0.1) is 0 Å². The van der Waals surface area contributed by atoms with Crippen LogP contribution in [0.4, 0.5) is 4.39 Å². The number of rotatable bonds is 5. The molecule has 1 saturated heterocycles. The first-order valence-corrected chi connectivity index (χ1v) is 8.66. The van der Waals surface area contributed by atoms with Gasteiger partial charge in [-0.05, 0) is 30.3 Å². The van der Waals surface area contributed by atoms with E-state index in [0.29, 0.717) is 36.8 Å². The van der Waals surface area contributed by atoms with Gasteiger partial charge in [-0.1, -0.05) is 29.8 Å². The number of hydrogen-bond donors (Lipinski definition) is 0. The van der Waals surface area contributed by atoms with Crippen LogP contribution in [0.25, 0.3) is 0 Å². The van der Waals surface area contributed by atoms with E-state index in [9.17, 15) is 9.18 Å². The van der Waals surface area contributed by atoms with Crippen molar-refractivity contribution in [2.45, 2.75) is 0 Å². The molecule has 132 valence electrons. The highest BCUT2D eigenvalue weighted by atomic mass is 35.5. The van der Waals surface area contributed by atoms with Crippen LogP contribution < -0.4 is 4.74 Å². The molecule has 1 aliphatic rings. The highest BCUT2D eigenvalue weighted by molar-refractivity contribution is 6.30. The molecule has 3 rings (SSSR count). The van der Waals surface area contributed by atoms with Gasteiger partial charge in [0.2, 0.25) is 0 Å². The third-order valence-electron chi connectivity index (χ3n) is 4.23. The first kappa shape index (κ1) is 17.7. The lowest BCUT2D eigenvalue weighted by molar-refractivity contribution is 0.0619. The fourth-order valence-corrected chi connectivity index (χ4v) is 3.02. The minimum absolute atomic E-state index is 0.00440. The highest BCUT2D eigenvalue weighted by Crippen LogP contribution is 2.16. The molecule has 0 aliphatic carbocycles. The topological polar surface area (TPSA) is 32.8 Å². The van der Waals surface area contributed by atoms with Crippen molar-refractivity contribution in [3.8, 4) is 5.75 Å². The summed E-state index contributed by atoms with van der Waals surface area (Å²) in [6, 6.07) is 13.4. The van der Waals surface area contributed by atoms with Crippen LogP contribution in [0.5, 0.6) is 5.75 Å². The van der Waals surface area contributed by atoms with Crippen molar-refractivity contribution in [3.05, 3.63) is 64.9 Å². The van der Waals surface area contributed by atoms with Crippen molar-refractivity contribution in [2.24, 2.45) is 0 Å². The average Bonchev–Trinajstić information content (AvgIpc) is 2.63. The minimum atomic E-state index is -0.348. The Morgan fingerprint density at radius 1 is 1.08 bits per heavy atom. The van der Waals surface area contributed by atoms with E-state index in [1.54, 1.807) is 42.5 Å². The van der Waals surface area contributed by atoms with E-state index in [1.165, 1.54) is 6.07 Å². The van der Waals surface area contributed by atoms with E-state index in [0.717, 1.165) is 13.1 Å². The van der Waals surface area contributed by atoms with Gasteiger partial charge in [-0.3, -0.25) is 9.69 Å². The van der Waals surface area contributed by atoms with Gasteiger partial charge in [0.1, 0.15) is 6.61 Å². The smallest absolute Gasteiger partial charge is 0.253 e. The molecular formula is C19H20ClFN2O2. The molecule has 0 radical (unpaired) electrons. The van der Waals surface area contributed by atoms with Crippen LogP contribution in [0.1, 0.15) is 10.4 Å². The van der Waals surface area contributed by atoms with E-state index in [2.05, 4.69) is 4.90 Å². The summed E-state index contributed by atoms with van der Waals surface area (Å²) in [7, 11) is 0. The molecule has 1 aliphatic heterocycles. The van der Waals surface area contributed by atoms with Crippen LogP contribution in [0.2, 0.25) is 5.02 Å². The van der Waals surface area contributed by atoms with Gasteiger partial charge in [-0.15, -0.1) is 0 Å². The second kappa shape index (κ2) is 8.32. The molecule has 1 fully saturated rings. The number of halogens is 2. The molecule has 0 N–H and O–H groups in total. The normalized spacial score (nSPS) is 15.2. The van der Waals surface area contributed by atoms with Gasteiger partial charge in [0, 0.05) is 43.3 Å². The molecule has 4 nitrogen and oxygen atoms in total. The zero-order valence-electron chi connectivity index (χ0n) is 13.8. The van der Waals surface area contributed by atoms with Crippen LogP contribution in [0, 0.1) is 5.82 Å². The Labute approximate surface area is 151 Å². The van der Waals surface area contributed by atoms with Gasteiger partial charge in [-0.2, -0.15) is 0 Å². The Bertz CT molecular complexity index is 733.